The summed E-state index contributed by atoms with van der Waals surface area (Å²) in [4.78, 5) is 10.0. The Morgan fingerprint density at radius 2 is 2.15 bits per heavy atom. The predicted octanol–water partition coefficient (Wildman–Crippen LogP) is 0.00470. The van der Waals surface area contributed by atoms with Gasteiger partial charge in [0.2, 0.25) is 5.95 Å². The molecule has 13 heavy (non-hydrogen) atoms. The van der Waals surface area contributed by atoms with E-state index in [-0.39, 0.29) is 0 Å². The van der Waals surface area contributed by atoms with E-state index in [9.17, 15) is 0 Å². The summed E-state index contributed by atoms with van der Waals surface area (Å²) in [7, 11) is 1.84. The molecule has 0 atom stereocenters. The van der Waals surface area contributed by atoms with Crippen molar-refractivity contribution in [2.24, 2.45) is 5.73 Å². The molecule has 0 amide bonds. The van der Waals surface area contributed by atoms with Crippen molar-refractivity contribution in [3.63, 3.8) is 0 Å². The van der Waals surface area contributed by atoms with Crippen LogP contribution in [0.1, 0.15) is 5.56 Å². The Kier molecular flexibility index (Phi) is 3.23. The van der Waals surface area contributed by atoms with E-state index in [4.69, 9.17) is 12.2 Å². The molecule has 0 aliphatic rings. The maximum absolute atomic E-state index is 5.41. The van der Waals surface area contributed by atoms with Crippen molar-refractivity contribution < 1.29 is 0 Å². The van der Waals surface area contributed by atoms with Crippen molar-refractivity contribution in [1.29, 1.82) is 0 Å². The summed E-state index contributed by atoms with van der Waals surface area (Å²) in [6, 6.07) is 0. The molecule has 4 nitrogen and oxygen atoms in total. The second-order valence-electron chi connectivity index (χ2n) is 2.66. The van der Waals surface area contributed by atoms with Gasteiger partial charge in [-0.3, -0.25) is 0 Å². The lowest BCUT2D eigenvalue weighted by Gasteiger charge is -2.12. The number of hydrogen-bond donors (Lipinski definition) is 1. The van der Waals surface area contributed by atoms with Crippen LogP contribution < -0.4 is 10.6 Å². The molecule has 0 aromatic carbocycles. The minimum Gasteiger partial charge on any atom is -0.333 e. The van der Waals surface area contributed by atoms with Gasteiger partial charge in [-0.05, 0) is 0 Å². The van der Waals surface area contributed by atoms with Gasteiger partial charge in [0.25, 0.3) is 0 Å². The molecular formula is C9H12N4. The average Bonchev–Trinajstić information content (AvgIpc) is 2.18. The first-order valence-electron chi connectivity index (χ1n) is 3.93. The van der Waals surface area contributed by atoms with E-state index in [1.54, 1.807) is 17.3 Å². The summed E-state index contributed by atoms with van der Waals surface area (Å²) in [6.07, 6.45) is 8.56. The Balaban J connectivity index is 2.74. The van der Waals surface area contributed by atoms with Gasteiger partial charge in [0.1, 0.15) is 0 Å². The van der Waals surface area contributed by atoms with Crippen LogP contribution in [0.15, 0.2) is 12.4 Å². The SMILES string of the molecule is C#CCN(C)c1ncc(CN)cn1. The molecule has 0 saturated heterocycles. The van der Waals surface area contributed by atoms with Gasteiger partial charge in [-0.1, -0.05) is 5.92 Å². The van der Waals surface area contributed by atoms with E-state index in [0.717, 1.165) is 5.56 Å². The van der Waals surface area contributed by atoms with Gasteiger partial charge in [-0.15, -0.1) is 6.42 Å². The van der Waals surface area contributed by atoms with Gasteiger partial charge in [0.05, 0.1) is 6.54 Å². The van der Waals surface area contributed by atoms with Crippen molar-refractivity contribution >= 4 is 5.95 Å². The molecule has 1 aromatic rings. The van der Waals surface area contributed by atoms with Crippen molar-refractivity contribution in [3.8, 4) is 12.3 Å². The van der Waals surface area contributed by atoms with Crippen LogP contribution in [0.3, 0.4) is 0 Å². The zero-order valence-electron chi connectivity index (χ0n) is 7.57. The molecule has 0 aliphatic heterocycles. The van der Waals surface area contributed by atoms with Crippen LogP contribution in [-0.4, -0.2) is 23.6 Å². The van der Waals surface area contributed by atoms with E-state index in [2.05, 4.69) is 15.9 Å². The molecular weight excluding hydrogens is 164 g/mol. The quantitative estimate of drug-likeness (QED) is 0.659. The Hall–Kier alpha value is -1.60. The zero-order valence-corrected chi connectivity index (χ0v) is 7.57. The third kappa shape index (κ3) is 2.42. The molecule has 0 fully saturated rings. The molecule has 1 rings (SSSR count). The lowest BCUT2D eigenvalue weighted by molar-refractivity contribution is 0.927. The number of hydrogen-bond acceptors (Lipinski definition) is 4. The van der Waals surface area contributed by atoms with Crippen molar-refractivity contribution in [3.05, 3.63) is 18.0 Å². The molecule has 0 aliphatic carbocycles. The first-order valence-corrected chi connectivity index (χ1v) is 3.93. The molecule has 0 radical (unpaired) electrons. The first-order chi connectivity index (χ1) is 6.27. The Morgan fingerprint density at radius 1 is 1.54 bits per heavy atom. The van der Waals surface area contributed by atoms with Crippen LogP contribution in [0.25, 0.3) is 0 Å². The molecule has 0 saturated carbocycles. The second-order valence-corrected chi connectivity index (χ2v) is 2.66. The van der Waals surface area contributed by atoms with Crippen LogP contribution in [0.5, 0.6) is 0 Å². The largest absolute Gasteiger partial charge is 0.333 e. The van der Waals surface area contributed by atoms with Gasteiger partial charge in [0.15, 0.2) is 0 Å². The van der Waals surface area contributed by atoms with Gasteiger partial charge in [-0.25, -0.2) is 9.97 Å². The summed E-state index contributed by atoms with van der Waals surface area (Å²) in [6.45, 7) is 0.959. The van der Waals surface area contributed by atoms with E-state index in [0.29, 0.717) is 19.0 Å². The Bertz CT molecular complexity index is 298. The van der Waals surface area contributed by atoms with E-state index in [1.807, 2.05) is 7.05 Å². The second kappa shape index (κ2) is 4.43. The predicted molar refractivity (Wildman–Crippen MR) is 52.0 cm³/mol. The molecule has 4 heteroatoms. The first kappa shape index (κ1) is 9.49. The smallest absolute Gasteiger partial charge is 0.225 e. The van der Waals surface area contributed by atoms with Crippen molar-refractivity contribution in [2.75, 3.05) is 18.5 Å². The van der Waals surface area contributed by atoms with Crippen LogP contribution >= 0.6 is 0 Å². The van der Waals surface area contributed by atoms with Crippen LogP contribution in [-0.2, 0) is 6.54 Å². The van der Waals surface area contributed by atoms with E-state index in [1.165, 1.54) is 0 Å². The highest BCUT2D eigenvalue weighted by Crippen LogP contribution is 2.03. The normalized spacial score (nSPS) is 9.31. The molecule has 0 bridgehead atoms. The number of nitrogens with zero attached hydrogens (tertiary/aromatic N) is 3. The summed E-state index contributed by atoms with van der Waals surface area (Å²) in [5, 5.41) is 0. The number of aromatic nitrogens is 2. The average molecular weight is 176 g/mol. The maximum Gasteiger partial charge on any atom is 0.225 e. The highest BCUT2D eigenvalue weighted by Gasteiger charge is 2.00. The number of anilines is 1. The third-order valence-corrected chi connectivity index (χ3v) is 1.60. The van der Waals surface area contributed by atoms with Crippen LogP contribution in [0.2, 0.25) is 0 Å². The highest BCUT2D eigenvalue weighted by atomic mass is 15.2. The minimum atomic E-state index is 0.457. The maximum atomic E-state index is 5.41. The van der Waals surface area contributed by atoms with Gasteiger partial charge >= 0.3 is 0 Å². The van der Waals surface area contributed by atoms with Gasteiger partial charge in [0, 0.05) is 31.5 Å². The van der Waals surface area contributed by atoms with Crippen LogP contribution in [0.4, 0.5) is 5.95 Å². The lowest BCUT2D eigenvalue weighted by atomic mass is 10.3. The van der Waals surface area contributed by atoms with Gasteiger partial charge < -0.3 is 10.6 Å². The molecule has 0 spiro atoms. The molecule has 2 N–H and O–H groups in total. The molecule has 1 heterocycles. The number of terminal acetylenes is 1. The summed E-state index contributed by atoms with van der Waals surface area (Å²) >= 11 is 0. The fraction of sp³-hybridized carbons (Fsp3) is 0.333. The van der Waals surface area contributed by atoms with E-state index < -0.39 is 0 Å². The van der Waals surface area contributed by atoms with E-state index >= 15 is 0 Å². The van der Waals surface area contributed by atoms with Crippen LogP contribution in [0, 0.1) is 12.3 Å². The number of rotatable bonds is 3. The summed E-state index contributed by atoms with van der Waals surface area (Å²) in [5.41, 5.74) is 6.32. The van der Waals surface area contributed by atoms with Crippen molar-refractivity contribution in [2.45, 2.75) is 6.54 Å². The summed E-state index contributed by atoms with van der Waals surface area (Å²) in [5.74, 6) is 3.14. The highest BCUT2D eigenvalue weighted by molar-refractivity contribution is 5.30. The third-order valence-electron chi connectivity index (χ3n) is 1.60. The monoisotopic (exact) mass is 176 g/mol. The fourth-order valence-electron chi connectivity index (χ4n) is 0.858. The molecule has 68 valence electrons. The number of nitrogens with two attached hydrogens (primary N) is 1. The van der Waals surface area contributed by atoms with Crippen molar-refractivity contribution in [1.82, 2.24) is 9.97 Å². The minimum absolute atomic E-state index is 0.457. The topological polar surface area (TPSA) is 55.0 Å². The molecule has 0 unspecified atom stereocenters. The Labute approximate surface area is 77.8 Å². The molecule has 1 aromatic heterocycles. The zero-order chi connectivity index (χ0) is 9.68. The van der Waals surface area contributed by atoms with Gasteiger partial charge in [-0.2, -0.15) is 0 Å². The lowest BCUT2D eigenvalue weighted by Crippen LogP contribution is -2.19. The fourth-order valence-corrected chi connectivity index (χ4v) is 0.858. The standard InChI is InChI=1S/C9H12N4/c1-3-4-13(2)9-11-6-8(5-10)7-12-9/h1,6-7H,4-5,10H2,2H3. The summed E-state index contributed by atoms with van der Waals surface area (Å²) < 4.78 is 0. The Morgan fingerprint density at radius 3 is 2.62 bits per heavy atom.